The molecule has 0 spiro atoms. The van der Waals surface area contributed by atoms with Crippen LogP contribution in [0.1, 0.15) is 36.4 Å². The van der Waals surface area contributed by atoms with Gasteiger partial charge in [-0.3, -0.25) is 0 Å². The van der Waals surface area contributed by atoms with E-state index in [9.17, 15) is 0 Å². The van der Waals surface area contributed by atoms with Crippen molar-refractivity contribution < 1.29 is 0 Å². The molecule has 0 aliphatic rings. The Bertz CT molecular complexity index is 488. The third kappa shape index (κ3) is 3.58. The average Bonchev–Trinajstić information content (AvgIpc) is 2.92. The molecule has 1 unspecified atom stereocenters. The zero-order valence-corrected chi connectivity index (χ0v) is 12.9. The second-order valence-electron chi connectivity index (χ2n) is 5.11. The van der Waals surface area contributed by atoms with Gasteiger partial charge in [0, 0.05) is 36.7 Å². The van der Waals surface area contributed by atoms with Crippen LogP contribution in [-0.4, -0.2) is 14.1 Å². The lowest BCUT2D eigenvalue weighted by molar-refractivity contribution is 0.500. The van der Waals surface area contributed by atoms with Crippen molar-refractivity contribution in [2.24, 2.45) is 0 Å². The molecule has 0 aliphatic carbocycles. The Morgan fingerprint density at radius 1 is 1.00 bits per heavy atom. The predicted molar refractivity (Wildman–Crippen MR) is 85.1 cm³/mol. The van der Waals surface area contributed by atoms with Gasteiger partial charge in [-0.2, -0.15) is 0 Å². The van der Waals surface area contributed by atoms with Crippen LogP contribution in [0.3, 0.4) is 0 Å². The molecule has 0 saturated carbocycles. The van der Waals surface area contributed by atoms with Crippen LogP contribution < -0.4 is 10.2 Å². The maximum atomic E-state index is 3.64. The van der Waals surface area contributed by atoms with Gasteiger partial charge in [0.2, 0.25) is 0 Å². The molecule has 0 bridgehead atoms. The Labute approximate surface area is 120 Å². The zero-order chi connectivity index (χ0) is 13.8. The Kier molecular flexibility index (Phi) is 4.61. The molecule has 1 heterocycles. The highest BCUT2D eigenvalue weighted by molar-refractivity contribution is 7.10. The minimum absolute atomic E-state index is 0.355. The third-order valence-electron chi connectivity index (χ3n) is 3.38. The summed E-state index contributed by atoms with van der Waals surface area (Å²) in [4.78, 5) is 3.51. The van der Waals surface area contributed by atoms with Gasteiger partial charge < -0.3 is 10.2 Å². The fourth-order valence-corrected chi connectivity index (χ4v) is 2.90. The Morgan fingerprint density at radius 2 is 1.68 bits per heavy atom. The molecular formula is C16H22N2S. The van der Waals surface area contributed by atoms with Crippen LogP contribution in [0.2, 0.25) is 0 Å². The van der Waals surface area contributed by atoms with E-state index in [1.165, 1.54) is 16.1 Å². The molecule has 19 heavy (non-hydrogen) atoms. The Hall–Kier alpha value is -1.32. The number of hydrogen-bond acceptors (Lipinski definition) is 3. The molecule has 0 aliphatic heterocycles. The summed E-state index contributed by atoms with van der Waals surface area (Å²) in [5, 5.41) is 5.77. The monoisotopic (exact) mass is 274 g/mol. The highest BCUT2D eigenvalue weighted by Gasteiger charge is 2.11. The lowest BCUT2D eigenvalue weighted by Gasteiger charge is -2.20. The summed E-state index contributed by atoms with van der Waals surface area (Å²) in [5.41, 5.74) is 2.57. The first-order valence-electron chi connectivity index (χ1n) is 6.64. The maximum absolute atomic E-state index is 3.64. The molecule has 2 aromatic rings. The molecular weight excluding hydrogens is 252 g/mol. The SMILES string of the molecule is CC(N[C@H](C)c1cccs1)c1ccc(N(C)C)cc1. The molecule has 2 nitrogen and oxygen atoms in total. The topological polar surface area (TPSA) is 15.3 Å². The number of benzene rings is 1. The second-order valence-corrected chi connectivity index (χ2v) is 6.09. The summed E-state index contributed by atoms with van der Waals surface area (Å²) >= 11 is 1.81. The van der Waals surface area contributed by atoms with Gasteiger partial charge >= 0.3 is 0 Å². The van der Waals surface area contributed by atoms with Crippen molar-refractivity contribution in [2.75, 3.05) is 19.0 Å². The highest BCUT2D eigenvalue weighted by atomic mass is 32.1. The minimum atomic E-state index is 0.355. The first-order valence-corrected chi connectivity index (χ1v) is 7.52. The Balaban J connectivity index is 2.01. The zero-order valence-electron chi connectivity index (χ0n) is 12.1. The number of nitrogens with zero attached hydrogens (tertiary/aromatic N) is 1. The molecule has 0 amide bonds. The fourth-order valence-electron chi connectivity index (χ4n) is 2.15. The first-order chi connectivity index (χ1) is 9.08. The number of anilines is 1. The predicted octanol–water partition coefficient (Wildman–Crippen LogP) is 4.23. The summed E-state index contributed by atoms with van der Waals surface area (Å²) in [7, 11) is 4.13. The van der Waals surface area contributed by atoms with Crippen LogP contribution in [0.25, 0.3) is 0 Å². The van der Waals surface area contributed by atoms with Crippen molar-refractivity contribution in [2.45, 2.75) is 25.9 Å². The fraction of sp³-hybridized carbons (Fsp3) is 0.375. The van der Waals surface area contributed by atoms with Crippen molar-refractivity contribution in [3.63, 3.8) is 0 Å². The van der Waals surface area contributed by atoms with E-state index < -0.39 is 0 Å². The number of hydrogen-bond donors (Lipinski definition) is 1. The van der Waals surface area contributed by atoms with Gasteiger partial charge in [0.1, 0.15) is 0 Å². The summed E-state index contributed by atoms with van der Waals surface area (Å²) in [6.07, 6.45) is 0. The normalized spacial score (nSPS) is 14.1. The van der Waals surface area contributed by atoms with Crippen molar-refractivity contribution in [1.82, 2.24) is 5.32 Å². The van der Waals surface area contributed by atoms with Crippen LogP contribution >= 0.6 is 11.3 Å². The summed E-state index contributed by atoms with van der Waals surface area (Å²) in [6.45, 7) is 4.44. The van der Waals surface area contributed by atoms with Gasteiger partial charge in [0.05, 0.1) is 0 Å². The van der Waals surface area contributed by atoms with Crippen molar-refractivity contribution >= 4 is 17.0 Å². The summed E-state index contributed by atoms with van der Waals surface area (Å²) < 4.78 is 0. The van der Waals surface area contributed by atoms with Crippen LogP contribution in [-0.2, 0) is 0 Å². The minimum Gasteiger partial charge on any atom is -0.378 e. The maximum Gasteiger partial charge on any atom is 0.0391 e. The van der Waals surface area contributed by atoms with Gasteiger partial charge in [-0.05, 0) is 43.0 Å². The van der Waals surface area contributed by atoms with Gasteiger partial charge in [-0.15, -0.1) is 11.3 Å². The molecule has 102 valence electrons. The third-order valence-corrected chi connectivity index (χ3v) is 4.43. The lowest BCUT2D eigenvalue weighted by atomic mass is 10.1. The van der Waals surface area contributed by atoms with Crippen LogP contribution in [0.5, 0.6) is 0 Å². The van der Waals surface area contributed by atoms with E-state index in [-0.39, 0.29) is 0 Å². The summed E-state index contributed by atoms with van der Waals surface area (Å²) in [5.74, 6) is 0. The number of rotatable bonds is 5. The standard InChI is InChI=1S/C16H22N2S/c1-12(17-13(2)16-6-5-11-19-16)14-7-9-15(10-8-14)18(3)4/h5-13,17H,1-4H3/t12?,13-/m1/s1. The Morgan fingerprint density at radius 3 is 2.21 bits per heavy atom. The number of thiophene rings is 1. The molecule has 0 saturated heterocycles. The van der Waals surface area contributed by atoms with E-state index in [0.717, 1.165) is 0 Å². The molecule has 1 N–H and O–H groups in total. The van der Waals surface area contributed by atoms with Crippen LogP contribution in [0, 0.1) is 0 Å². The van der Waals surface area contributed by atoms with Crippen molar-refractivity contribution in [3.8, 4) is 0 Å². The van der Waals surface area contributed by atoms with E-state index in [2.05, 4.69) is 79.9 Å². The highest BCUT2D eigenvalue weighted by Crippen LogP contribution is 2.23. The van der Waals surface area contributed by atoms with Gasteiger partial charge in [0.15, 0.2) is 0 Å². The second kappa shape index (κ2) is 6.22. The molecule has 0 fully saturated rings. The lowest BCUT2D eigenvalue weighted by Crippen LogP contribution is -2.21. The molecule has 3 heteroatoms. The molecule has 2 rings (SSSR count). The average molecular weight is 274 g/mol. The van der Waals surface area contributed by atoms with E-state index in [0.29, 0.717) is 12.1 Å². The number of nitrogens with one attached hydrogen (secondary N) is 1. The largest absolute Gasteiger partial charge is 0.378 e. The quantitative estimate of drug-likeness (QED) is 0.878. The molecule has 2 atom stereocenters. The first kappa shape index (κ1) is 14.1. The van der Waals surface area contributed by atoms with E-state index in [1.54, 1.807) is 11.3 Å². The van der Waals surface area contributed by atoms with Crippen LogP contribution in [0.15, 0.2) is 41.8 Å². The van der Waals surface area contributed by atoms with E-state index >= 15 is 0 Å². The summed E-state index contributed by atoms with van der Waals surface area (Å²) in [6, 6.07) is 13.8. The van der Waals surface area contributed by atoms with Crippen molar-refractivity contribution in [1.29, 1.82) is 0 Å². The molecule has 1 aromatic carbocycles. The van der Waals surface area contributed by atoms with Crippen LogP contribution in [0.4, 0.5) is 5.69 Å². The van der Waals surface area contributed by atoms with Crippen molar-refractivity contribution in [3.05, 3.63) is 52.2 Å². The van der Waals surface area contributed by atoms with Gasteiger partial charge in [0.25, 0.3) is 0 Å². The molecule has 1 aromatic heterocycles. The van der Waals surface area contributed by atoms with E-state index in [4.69, 9.17) is 0 Å². The van der Waals surface area contributed by atoms with Gasteiger partial charge in [-0.25, -0.2) is 0 Å². The smallest absolute Gasteiger partial charge is 0.0391 e. The molecule has 0 radical (unpaired) electrons. The van der Waals surface area contributed by atoms with E-state index in [1.807, 2.05) is 0 Å². The van der Waals surface area contributed by atoms with Gasteiger partial charge in [-0.1, -0.05) is 18.2 Å².